The molecule has 8 N–H and O–H groups in total. The Morgan fingerprint density at radius 3 is 2.20 bits per heavy atom. The quantitative estimate of drug-likeness (QED) is 0.0680. The number of aliphatic hydroxyl groups is 2. The Labute approximate surface area is 269 Å². The summed E-state index contributed by atoms with van der Waals surface area (Å²) in [6, 6.07) is 0.280. The van der Waals surface area contributed by atoms with Crippen LogP contribution in [0.15, 0.2) is 0 Å². The number of likely N-dealkylation sites (N-methyl/N-ethyl adjacent to an activating group) is 1. The number of nitrogens with zero attached hydrogens (tertiary/aromatic N) is 1. The van der Waals surface area contributed by atoms with E-state index < -0.39 is 12.0 Å². The van der Waals surface area contributed by atoms with E-state index in [0.717, 1.165) is 19.5 Å². The highest BCUT2D eigenvalue weighted by Gasteiger charge is 2.38. The van der Waals surface area contributed by atoms with Crippen molar-refractivity contribution in [2.45, 2.75) is 141 Å². The average Bonchev–Trinajstić information content (AvgIpc) is 2.96. The van der Waals surface area contributed by atoms with Gasteiger partial charge in [-0.3, -0.25) is 0 Å². The lowest BCUT2D eigenvalue weighted by atomic mass is 9.81. The minimum atomic E-state index is -2.55. The minimum absolute atomic E-state index is 0.0178. The lowest BCUT2D eigenvalue weighted by molar-refractivity contribution is -0.0497. The molecule has 6 atom stereocenters. The number of hydrogen-bond acceptors (Lipinski definition) is 8. The van der Waals surface area contributed by atoms with E-state index in [4.69, 9.17) is 10.8 Å². The zero-order chi connectivity index (χ0) is 33.0. The van der Waals surface area contributed by atoms with E-state index in [1.54, 1.807) is 6.92 Å². The summed E-state index contributed by atoms with van der Waals surface area (Å²) in [5.41, 5.74) is 6.14. The molecule has 0 unspecified atom stereocenters. The third-order valence-corrected chi connectivity index (χ3v) is 9.49. The van der Waals surface area contributed by atoms with Crippen molar-refractivity contribution < 1.29 is 19.0 Å². The summed E-state index contributed by atoms with van der Waals surface area (Å²) in [6.45, 7) is 15.6. The molecule has 1 rings (SSSR count). The van der Waals surface area contributed by atoms with Crippen LogP contribution in [0, 0.1) is 17.8 Å². The van der Waals surface area contributed by atoms with Gasteiger partial charge in [0.25, 0.3) is 0 Å². The maximum Gasteiger partial charge on any atom is 0.248 e. The average molecular weight is 635 g/mol. The van der Waals surface area contributed by atoms with E-state index >= 15 is 0 Å². The number of rotatable bonds is 27. The van der Waals surface area contributed by atoms with Crippen LogP contribution >= 0.6 is 0 Å². The van der Waals surface area contributed by atoms with Crippen LogP contribution in [-0.4, -0.2) is 111 Å². The zero-order valence-electron chi connectivity index (χ0n) is 29.2. The number of alkyl halides is 2. The van der Waals surface area contributed by atoms with Gasteiger partial charge in [-0.25, -0.2) is 8.78 Å². The molecule has 264 valence electrons. The lowest BCUT2D eigenvalue weighted by Crippen LogP contribution is -2.56. The second kappa shape index (κ2) is 23.8. The molecule has 0 saturated heterocycles. The van der Waals surface area contributed by atoms with Gasteiger partial charge in [0.1, 0.15) is 0 Å². The van der Waals surface area contributed by atoms with Crippen LogP contribution in [0.2, 0.25) is 0 Å². The van der Waals surface area contributed by atoms with Gasteiger partial charge in [0.05, 0.1) is 12.7 Å². The van der Waals surface area contributed by atoms with Crippen LogP contribution < -0.4 is 27.0 Å². The molecule has 0 spiro atoms. The number of nitrogens with one attached hydrogen (secondary N) is 4. The lowest BCUT2D eigenvalue weighted by Gasteiger charge is -2.38. The molecule has 0 aliphatic heterocycles. The van der Waals surface area contributed by atoms with Gasteiger partial charge in [0.15, 0.2) is 0 Å². The summed E-state index contributed by atoms with van der Waals surface area (Å²) >= 11 is 0. The standard InChI is InChI=1S/C34H72F2N6O2/c1-7-8-9-10-11-12-27(4)25-42(6)31(19-26(2)3)22-41-33(29-13-15-34(35,36)16-14-29)24-39-30(20-37)21-40-32(28(5)44)23-38-17-18-43/h26-33,38-41,43-44H,7-25,37H2,1-6H3/t27-,28+,30+,31+,32+,33-/m1/s1. The molecule has 0 amide bonds. The summed E-state index contributed by atoms with van der Waals surface area (Å²) in [7, 11) is 2.25. The van der Waals surface area contributed by atoms with Crippen LogP contribution in [0.5, 0.6) is 0 Å². The summed E-state index contributed by atoms with van der Waals surface area (Å²) < 4.78 is 28.2. The molecule has 1 aliphatic carbocycles. The van der Waals surface area contributed by atoms with Crippen LogP contribution in [0.3, 0.4) is 0 Å². The maximum absolute atomic E-state index is 14.1. The van der Waals surface area contributed by atoms with Crippen molar-refractivity contribution in [3.63, 3.8) is 0 Å². The first-order valence-corrected chi connectivity index (χ1v) is 17.9. The second-order valence-electron chi connectivity index (χ2n) is 14.3. The molecule has 0 aromatic rings. The summed E-state index contributed by atoms with van der Waals surface area (Å²) in [5.74, 6) is -1.14. The van der Waals surface area contributed by atoms with E-state index in [0.29, 0.717) is 63.4 Å². The molecule has 8 nitrogen and oxygen atoms in total. The van der Waals surface area contributed by atoms with Crippen LogP contribution in [0.1, 0.15) is 105 Å². The number of nitrogens with two attached hydrogens (primary N) is 1. The molecule has 0 heterocycles. The molecule has 1 aliphatic rings. The Balaban J connectivity index is 2.82. The van der Waals surface area contributed by atoms with Gasteiger partial charge in [-0.05, 0) is 57.4 Å². The van der Waals surface area contributed by atoms with Crippen LogP contribution in [0.25, 0.3) is 0 Å². The summed E-state index contributed by atoms with van der Waals surface area (Å²) in [6.07, 6.45) is 9.34. The summed E-state index contributed by atoms with van der Waals surface area (Å²) in [4.78, 5) is 2.52. The predicted octanol–water partition coefficient (Wildman–Crippen LogP) is 3.95. The maximum atomic E-state index is 14.1. The molecular formula is C34H72F2N6O2. The highest BCUT2D eigenvalue weighted by molar-refractivity contribution is 4.89. The van der Waals surface area contributed by atoms with E-state index in [-0.39, 0.29) is 43.5 Å². The predicted molar refractivity (Wildman–Crippen MR) is 181 cm³/mol. The van der Waals surface area contributed by atoms with Crippen molar-refractivity contribution in [1.29, 1.82) is 0 Å². The second-order valence-corrected chi connectivity index (χ2v) is 14.3. The molecule has 44 heavy (non-hydrogen) atoms. The highest BCUT2D eigenvalue weighted by atomic mass is 19.3. The first-order valence-electron chi connectivity index (χ1n) is 17.9. The first-order chi connectivity index (χ1) is 20.9. The fraction of sp³-hybridized carbons (Fsp3) is 1.00. The molecule has 0 bridgehead atoms. The van der Waals surface area contributed by atoms with Gasteiger partial charge in [0, 0.05) is 82.8 Å². The van der Waals surface area contributed by atoms with Crippen molar-refractivity contribution in [1.82, 2.24) is 26.2 Å². The van der Waals surface area contributed by atoms with Crippen LogP contribution in [0.4, 0.5) is 8.78 Å². The van der Waals surface area contributed by atoms with E-state index in [2.05, 4.69) is 60.9 Å². The Morgan fingerprint density at radius 1 is 0.932 bits per heavy atom. The SMILES string of the molecule is CCCCCCC[C@@H](C)CN(C)[C@H](CN[C@H](CN[C@@H](CN)CN[C@@H](CNCCO)[C@H](C)O)C1CCC(F)(F)CC1)CC(C)C. The fourth-order valence-corrected chi connectivity index (χ4v) is 6.53. The normalized spacial score (nSPS) is 20.1. The molecular weight excluding hydrogens is 562 g/mol. The largest absolute Gasteiger partial charge is 0.395 e. The van der Waals surface area contributed by atoms with Crippen LogP contribution in [-0.2, 0) is 0 Å². The molecule has 10 heteroatoms. The molecule has 0 aromatic heterocycles. The highest BCUT2D eigenvalue weighted by Crippen LogP contribution is 2.37. The Hall–Kier alpha value is -0.460. The van der Waals surface area contributed by atoms with Crippen molar-refractivity contribution in [3.05, 3.63) is 0 Å². The van der Waals surface area contributed by atoms with Crippen molar-refractivity contribution in [2.24, 2.45) is 23.5 Å². The van der Waals surface area contributed by atoms with Gasteiger partial charge in [-0.15, -0.1) is 0 Å². The number of aliphatic hydroxyl groups excluding tert-OH is 2. The Morgan fingerprint density at radius 2 is 1.61 bits per heavy atom. The molecule has 0 aromatic carbocycles. The zero-order valence-corrected chi connectivity index (χ0v) is 29.2. The number of halogens is 2. The first kappa shape index (κ1) is 41.6. The van der Waals surface area contributed by atoms with Crippen molar-refractivity contribution in [2.75, 3.05) is 59.5 Å². The minimum Gasteiger partial charge on any atom is -0.395 e. The van der Waals surface area contributed by atoms with Gasteiger partial charge in [-0.2, -0.15) is 0 Å². The van der Waals surface area contributed by atoms with Gasteiger partial charge >= 0.3 is 0 Å². The van der Waals surface area contributed by atoms with Gasteiger partial charge < -0.3 is 42.1 Å². The Kier molecular flexibility index (Phi) is 22.5. The molecule has 1 fully saturated rings. The smallest absolute Gasteiger partial charge is 0.248 e. The molecule has 0 radical (unpaired) electrons. The summed E-state index contributed by atoms with van der Waals surface area (Å²) in [5, 5.41) is 33.3. The monoisotopic (exact) mass is 635 g/mol. The number of hydrogen-bond donors (Lipinski definition) is 7. The topological polar surface area (TPSA) is 118 Å². The van der Waals surface area contributed by atoms with E-state index in [1.807, 2.05) is 0 Å². The molecule has 1 saturated carbocycles. The van der Waals surface area contributed by atoms with Crippen molar-refractivity contribution in [3.8, 4) is 0 Å². The van der Waals surface area contributed by atoms with E-state index in [9.17, 15) is 13.9 Å². The van der Waals surface area contributed by atoms with Crippen molar-refractivity contribution >= 4 is 0 Å². The Bertz CT molecular complexity index is 680. The van der Waals surface area contributed by atoms with Gasteiger partial charge in [-0.1, -0.05) is 59.8 Å². The van der Waals surface area contributed by atoms with E-state index in [1.165, 1.54) is 38.5 Å². The number of unbranched alkanes of at least 4 members (excludes halogenated alkanes) is 4. The van der Waals surface area contributed by atoms with Gasteiger partial charge in [0.2, 0.25) is 5.92 Å². The third kappa shape index (κ3) is 18.6. The fourth-order valence-electron chi connectivity index (χ4n) is 6.53. The third-order valence-electron chi connectivity index (χ3n) is 9.49.